The maximum absolute atomic E-state index is 4.84. The van der Waals surface area contributed by atoms with Crippen LogP contribution in [0.5, 0.6) is 0 Å². The summed E-state index contributed by atoms with van der Waals surface area (Å²) in [4.78, 5) is 7.31. The van der Waals surface area contributed by atoms with E-state index in [0.29, 0.717) is 0 Å². The quantitative estimate of drug-likeness (QED) is 0.678. The van der Waals surface area contributed by atoms with Gasteiger partial charge >= 0.3 is 0 Å². The molecule has 0 N–H and O–H groups in total. The first-order chi connectivity index (χ1) is 12.2. The van der Waals surface area contributed by atoms with Crippen LogP contribution in [0.1, 0.15) is 42.7 Å². The number of anilines is 1. The van der Waals surface area contributed by atoms with Crippen molar-refractivity contribution in [3.8, 4) is 0 Å². The molecule has 0 fully saturated rings. The van der Waals surface area contributed by atoms with Gasteiger partial charge in [-0.2, -0.15) is 0 Å². The molecule has 0 radical (unpaired) electrons. The second kappa shape index (κ2) is 6.55. The maximum Gasteiger partial charge on any atom is 0.153 e. The number of fused-ring (bicyclic) bond motifs is 2. The molecule has 0 aliphatic carbocycles. The van der Waals surface area contributed by atoms with Gasteiger partial charge in [0, 0.05) is 36.9 Å². The van der Waals surface area contributed by atoms with Crippen LogP contribution in [0.15, 0.2) is 36.5 Å². The first-order valence-electron chi connectivity index (χ1n) is 9.53. The molecule has 0 unspecified atom stereocenters. The number of nitrogens with zero attached hydrogens (tertiary/aromatic N) is 3. The molecule has 3 heterocycles. The lowest BCUT2D eigenvalue weighted by Crippen LogP contribution is -2.31. The molecule has 4 rings (SSSR count). The summed E-state index contributed by atoms with van der Waals surface area (Å²) in [7, 11) is 0. The van der Waals surface area contributed by atoms with Crippen molar-refractivity contribution in [3.05, 3.63) is 58.9 Å². The Balaban J connectivity index is 1.85. The lowest BCUT2D eigenvalue weighted by molar-refractivity contribution is 0.663. The van der Waals surface area contributed by atoms with E-state index < -0.39 is 0 Å². The average Bonchev–Trinajstić information content (AvgIpc) is 2.93. The van der Waals surface area contributed by atoms with Crippen LogP contribution in [-0.4, -0.2) is 16.1 Å². The van der Waals surface area contributed by atoms with Crippen LogP contribution in [-0.2, 0) is 25.9 Å². The Morgan fingerprint density at radius 2 is 1.88 bits per heavy atom. The number of hydrogen-bond acceptors (Lipinski definition) is 2. The third-order valence-electron chi connectivity index (χ3n) is 5.55. The molecule has 0 bridgehead atoms. The van der Waals surface area contributed by atoms with E-state index in [9.17, 15) is 0 Å². The summed E-state index contributed by atoms with van der Waals surface area (Å²) in [6.45, 7) is 9.85. The zero-order chi connectivity index (χ0) is 17.4. The summed E-state index contributed by atoms with van der Waals surface area (Å²) < 4.78 is 2.52. The van der Waals surface area contributed by atoms with Gasteiger partial charge in [0.05, 0.1) is 5.52 Å². The van der Waals surface area contributed by atoms with Crippen molar-refractivity contribution in [2.24, 2.45) is 0 Å². The first kappa shape index (κ1) is 16.2. The molecule has 130 valence electrons. The largest absolute Gasteiger partial charge is 0.350 e. The van der Waals surface area contributed by atoms with Gasteiger partial charge in [-0.25, -0.2) is 4.98 Å². The molecule has 1 aliphatic heterocycles. The Bertz CT molecular complexity index is 907. The Morgan fingerprint density at radius 3 is 2.64 bits per heavy atom. The van der Waals surface area contributed by atoms with Gasteiger partial charge in [-0.15, -0.1) is 0 Å². The Kier molecular flexibility index (Phi) is 4.24. The number of hydrogen-bond donors (Lipinski definition) is 0. The fourth-order valence-corrected chi connectivity index (χ4v) is 4.34. The van der Waals surface area contributed by atoms with Crippen molar-refractivity contribution in [1.29, 1.82) is 0 Å². The van der Waals surface area contributed by atoms with Gasteiger partial charge in [-0.05, 0) is 48.9 Å². The first-order valence-corrected chi connectivity index (χ1v) is 9.53. The zero-order valence-electron chi connectivity index (χ0n) is 15.5. The van der Waals surface area contributed by atoms with Crippen LogP contribution in [0, 0.1) is 6.92 Å². The lowest BCUT2D eigenvalue weighted by atomic mass is 10.00. The molecule has 0 amide bonds. The third-order valence-corrected chi connectivity index (χ3v) is 5.55. The van der Waals surface area contributed by atoms with Crippen molar-refractivity contribution in [2.75, 3.05) is 11.4 Å². The summed E-state index contributed by atoms with van der Waals surface area (Å²) >= 11 is 0. The van der Waals surface area contributed by atoms with E-state index in [1.165, 1.54) is 33.3 Å². The average molecular weight is 333 g/mol. The van der Waals surface area contributed by atoms with Crippen LogP contribution in [0.3, 0.4) is 0 Å². The predicted octanol–water partition coefficient (Wildman–Crippen LogP) is 4.88. The highest BCUT2D eigenvalue weighted by Crippen LogP contribution is 2.34. The van der Waals surface area contributed by atoms with E-state index in [1.54, 1.807) is 0 Å². The summed E-state index contributed by atoms with van der Waals surface area (Å²) in [5.41, 5.74) is 7.14. The molecule has 3 heteroatoms. The highest BCUT2D eigenvalue weighted by Gasteiger charge is 2.22. The molecule has 3 aromatic rings. The van der Waals surface area contributed by atoms with Gasteiger partial charge in [0.25, 0.3) is 0 Å². The Morgan fingerprint density at radius 1 is 1.08 bits per heavy atom. The van der Waals surface area contributed by atoms with Crippen LogP contribution >= 0.6 is 0 Å². The summed E-state index contributed by atoms with van der Waals surface area (Å²) in [5.74, 6) is 1.16. The Labute approximate surface area is 150 Å². The van der Waals surface area contributed by atoms with Crippen molar-refractivity contribution < 1.29 is 0 Å². The third kappa shape index (κ3) is 2.62. The Hall–Kier alpha value is -2.29. The SMILES string of the molecule is CCCn1c(CC)c(C)c2ccnc(N3CCc4ccccc4C3)c21. The highest BCUT2D eigenvalue weighted by atomic mass is 15.2. The van der Waals surface area contributed by atoms with E-state index in [1.807, 2.05) is 6.20 Å². The number of rotatable bonds is 4. The minimum absolute atomic E-state index is 0.958. The van der Waals surface area contributed by atoms with Crippen molar-refractivity contribution in [3.63, 3.8) is 0 Å². The molecule has 25 heavy (non-hydrogen) atoms. The van der Waals surface area contributed by atoms with Crippen molar-refractivity contribution in [1.82, 2.24) is 9.55 Å². The number of aryl methyl sites for hydroxylation is 2. The predicted molar refractivity (Wildman–Crippen MR) is 105 cm³/mol. The minimum atomic E-state index is 0.958. The van der Waals surface area contributed by atoms with E-state index in [0.717, 1.165) is 44.7 Å². The van der Waals surface area contributed by atoms with Crippen molar-refractivity contribution in [2.45, 2.75) is 53.1 Å². The second-order valence-corrected chi connectivity index (χ2v) is 7.05. The summed E-state index contributed by atoms with van der Waals surface area (Å²) in [5, 5.41) is 1.37. The molecule has 2 aromatic heterocycles. The van der Waals surface area contributed by atoms with E-state index in [-0.39, 0.29) is 0 Å². The van der Waals surface area contributed by atoms with E-state index >= 15 is 0 Å². The standard InChI is InChI=1S/C22H27N3/c1-4-13-25-20(5-2)16(3)19-10-12-23-22(21(19)25)24-14-11-17-8-6-7-9-18(17)15-24/h6-10,12H,4-5,11,13-15H2,1-3H3. The minimum Gasteiger partial charge on any atom is -0.350 e. The maximum atomic E-state index is 4.84. The second-order valence-electron chi connectivity index (χ2n) is 7.05. The normalized spacial score (nSPS) is 14.1. The summed E-state index contributed by atoms with van der Waals surface area (Å²) in [6.07, 6.45) is 5.30. The van der Waals surface area contributed by atoms with Gasteiger partial charge < -0.3 is 9.47 Å². The van der Waals surface area contributed by atoms with Gasteiger partial charge in [-0.3, -0.25) is 0 Å². The fourth-order valence-electron chi connectivity index (χ4n) is 4.34. The molecule has 0 saturated heterocycles. The molecule has 3 nitrogen and oxygen atoms in total. The number of benzene rings is 1. The summed E-state index contributed by atoms with van der Waals surface area (Å²) in [6, 6.07) is 11.0. The van der Waals surface area contributed by atoms with Gasteiger partial charge in [0.1, 0.15) is 0 Å². The van der Waals surface area contributed by atoms with Crippen LogP contribution in [0.2, 0.25) is 0 Å². The van der Waals surface area contributed by atoms with Gasteiger partial charge in [0.15, 0.2) is 5.82 Å². The zero-order valence-corrected chi connectivity index (χ0v) is 15.5. The lowest BCUT2D eigenvalue weighted by Gasteiger charge is -2.30. The monoisotopic (exact) mass is 333 g/mol. The molecular weight excluding hydrogens is 306 g/mol. The van der Waals surface area contributed by atoms with Gasteiger partial charge in [0.2, 0.25) is 0 Å². The number of pyridine rings is 1. The van der Waals surface area contributed by atoms with E-state index in [4.69, 9.17) is 4.98 Å². The van der Waals surface area contributed by atoms with E-state index in [2.05, 4.69) is 60.6 Å². The fraction of sp³-hybridized carbons (Fsp3) is 0.409. The molecular formula is C22H27N3. The van der Waals surface area contributed by atoms with Crippen LogP contribution in [0.4, 0.5) is 5.82 Å². The number of aromatic nitrogens is 2. The molecule has 0 spiro atoms. The topological polar surface area (TPSA) is 21.1 Å². The van der Waals surface area contributed by atoms with Gasteiger partial charge in [-0.1, -0.05) is 38.1 Å². The van der Waals surface area contributed by atoms with Crippen LogP contribution in [0.25, 0.3) is 10.9 Å². The smallest absolute Gasteiger partial charge is 0.153 e. The molecule has 0 saturated carbocycles. The highest BCUT2D eigenvalue weighted by molar-refractivity contribution is 5.93. The molecule has 1 aromatic carbocycles. The van der Waals surface area contributed by atoms with Crippen molar-refractivity contribution >= 4 is 16.7 Å². The molecule has 1 aliphatic rings. The van der Waals surface area contributed by atoms with Crippen LogP contribution < -0.4 is 4.90 Å². The molecule has 0 atom stereocenters.